The molecule has 0 amide bonds. The van der Waals surface area contributed by atoms with E-state index in [9.17, 15) is 0 Å². The quantitative estimate of drug-likeness (QED) is 0.833. The van der Waals surface area contributed by atoms with Gasteiger partial charge in [-0.15, -0.1) is 0 Å². The van der Waals surface area contributed by atoms with E-state index in [4.69, 9.17) is 9.47 Å². The highest BCUT2D eigenvalue weighted by Crippen LogP contribution is 2.39. The van der Waals surface area contributed by atoms with Crippen LogP contribution in [0.2, 0.25) is 0 Å². The summed E-state index contributed by atoms with van der Waals surface area (Å²) in [6.45, 7) is 4.36. The summed E-state index contributed by atoms with van der Waals surface area (Å²) in [6.07, 6.45) is 4.49. The fourth-order valence-electron chi connectivity index (χ4n) is 2.20. The molecule has 1 aromatic heterocycles. The minimum Gasteiger partial charge on any atom is -0.362 e. The van der Waals surface area contributed by atoms with E-state index in [0.29, 0.717) is 0 Å². The molecule has 0 atom stereocenters. The number of ether oxygens (including phenoxy) is 2. The number of rotatable bonds is 4. The molecule has 4 heteroatoms. The van der Waals surface area contributed by atoms with Gasteiger partial charge in [-0.1, -0.05) is 13.8 Å². The molecule has 0 radical (unpaired) electrons. The van der Waals surface area contributed by atoms with Crippen LogP contribution in [0.15, 0.2) is 29.0 Å². The third-order valence-corrected chi connectivity index (χ3v) is 3.19. The summed E-state index contributed by atoms with van der Waals surface area (Å²) in [5, 5.41) is 0. The molecule has 1 aliphatic rings. The first-order chi connectivity index (χ1) is 8.56. The Bertz CT molecular complexity index is 454. The predicted molar refractivity (Wildman–Crippen MR) is 72.4 cm³/mol. The molecule has 0 bridgehead atoms. The van der Waals surface area contributed by atoms with Crippen LogP contribution in [0.5, 0.6) is 0 Å². The van der Waals surface area contributed by atoms with Gasteiger partial charge in [-0.2, -0.15) is 0 Å². The maximum absolute atomic E-state index is 5.27. The molecular weight excluding hydrogens is 228 g/mol. The lowest BCUT2D eigenvalue weighted by Crippen LogP contribution is -2.25. The van der Waals surface area contributed by atoms with Crippen LogP contribution < -0.4 is 0 Å². The molecule has 0 fully saturated rings. The Kier molecular flexibility index (Phi) is 3.68. The van der Waals surface area contributed by atoms with E-state index in [1.165, 1.54) is 0 Å². The molecule has 0 unspecified atom stereocenters. The van der Waals surface area contributed by atoms with Crippen molar-refractivity contribution < 1.29 is 9.47 Å². The Balaban J connectivity index is 2.29. The molecule has 1 N–H and O–H groups in total. The van der Waals surface area contributed by atoms with E-state index in [0.717, 1.165) is 23.5 Å². The zero-order chi connectivity index (χ0) is 13.2. The smallest absolute Gasteiger partial charge is 0.196 e. The Labute approximate surface area is 108 Å². The van der Waals surface area contributed by atoms with Gasteiger partial charge in [0.05, 0.1) is 5.71 Å². The van der Waals surface area contributed by atoms with Crippen LogP contribution in [0.1, 0.15) is 26.0 Å². The van der Waals surface area contributed by atoms with Crippen LogP contribution in [-0.4, -0.2) is 31.2 Å². The lowest BCUT2D eigenvalue weighted by molar-refractivity contribution is -0.0532. The maximum Gasteiger partial charge on any atom is 0.196 e. The second-order valence-corrected chi connectivity index (χ2v) is 5.12. The van der Waals surface area contributed by atoms with Crippen molar-refractivity contribution in [1.29, 1.82) is 0 Å². The topological polar surface area (TPSA) is 46.6 Å². The first-order valence-electron chi connectivity index (χ1n) is 6.05. The van der Waals surface area contributed by atoms with Crippen molar-refractivity contribution in [3.8, 4) is 0 Å². The van der Waals surface area contributed by atoms with Crippen molar-refractivity contribution in [2.45, 2.75) is 26.6 Å². The standard InChI is InChI=1S/C14H20N2O2/c1-14(2)9-11(13(17-3)18-4)16-12(14)8-10-6-5-7-15-10/h5-8,13,15H,9H2,1-4H3/b12-8-. The van der Waals surface area contributed by atoms with E-state index in [1.54, 1.807) is 14.2 Å². The van der Waals surface area contributed by atoms with Gasteiger partial charge in [0.25, 0.3) is 0 Å². The number of methoxy groups -OCH3 is 2. The SMILES string of the molecule is COC(OC)C1=N/C(=C\c2ccc[nH]2)C(C)(C)C1. The second kappa shape index (κ2) is 5.08. The summed E-state index contributed by atoms with van der Waals surface area (Å²) < 4.78 is 10.5. The number of aliphatic imine (C=N–C) groups is 1. The minimum atomic E-state index is -0.348. The molecule has 18 heavy (non-hydrogen) atoms. The van der Waals surface area contributed by atoms with Crippen molar-refractivity contribution in [2.24, 2.45) is 10.4 Å². The summed E-state index contributed by atoms with van der Waals surface area (Å²) in [7, 11) is 3.27. The monoisotopic (exact) mass is 248 g/mol. The van der Waals surface area contributed by atoms with Crippen molar-refractivity contribution >= 4 is 11.8 Å². The summed E-state index contributed by atoms with van der Waals surface area (Å²) in [5.41, 5.74) is 3.08. The summed E-state index contributed by atoms with van der Waals surface area (Å²) in [4.78, 5) is 7.83. The minimum absolute atomic E-state index is 0.00968. The first-order valence-corrected chi connectivity index (χ1v) is 6.05. The average molecular weight is 248 g/mol. The van der Waals surface area contributed by atoms with Crippen molar-refractivity contribution in [3.63, 3.8) is 0 Å². The Morgan fingerprint density at radius 3 is 2.67 bits per heavy atom. The van der Waals surface area contributed by atoms with Crippen LogP contribution in [0.4, 0.5) is 0 Å². The normalized spacial score (nSPS) is 20.7. The molecule has 98 valence electrons. The van der Waals surface area contributed by atoms with Crippen molar-refractivity contribution in [1.82, 2.24) is 4.98 Å². The van der Waals surface area contributed by atoms with Crippen LogP contribution in [0, 0.1) is 5.41 Å². The molecule has 1 aromatic rings. The van der Waals surface area contributed by atoms with Gasteiger partial charge in [0, 0.05) is 43.6 Å². The van der Waals surface area contributed by atoms with Crippen LogP contribution >= 0.6 is 0 Å². The fourth-order valence-corrected chi connectivity index (χ4v) is 2.20. The maximum atomic E-state index is 5.27. The number of allylic oxidation sites excluding steroid dienone is 1. The van der Waals surface area contributed by atoms with Gasteiger partial charge in [-0.3, -0.25) is 4.99 Å². The zero-order valence-corrected chi connectivity index (χ0v) is 11.4. The Morgan fingerprint density at radius 1 is 1.39 bits per heavy atom. The van der Waals surface area contributed by atoms with Crippen LogP contribution in [0.3, 0.4) is 0 Å². The average Bonchev–Trinajstić information content (AvgIpc) is 2.90. The lowest BCUT2D eigenvalue weighted by Gasteiger charge is -2.19. The predicted octanol–water partition coefficient (Wildman–Crippen LogP) is 2.85. The molecule has 0 saturated carbocycles. The number of H-pyrrole nitrogens is 1. The number of aromatic amines is 1. The molecule has 0 aromatic carbocycles. The van der Waals surface area contributed by atoms with Gasteiger partial charge in [0.1, 0.15) is 0 Å². The van der Waals surface area contributed by atoms with E-state index in [1.807, 2.05) is 18.3 Å². The Hall–Kier alpha value is -1.39. The second-order valence-electron chi connectivity index (χ2n) is 5.12. The molecule has 0 saturated heterocycles. The van der Waals surface area contributed by atoms with E-state index < -0.39 is 0 Å². The van der Waals surface area contributed by atoms with Crippen LogP contribution in [0.25, 0.3) is 6.08 Å². The number of nitrogens with one attached hydrogen (secondary N) is 1. The molecule has 0 aliphatic carbocycles. The highest BCUT2D eigenvalue weighted by atomic mass is 16.7. The van der Waals surface area contributed by atoms with Gasteiger partial charge in [-0.25, -0.2) is 0 Å². The lowest BCUT2D eigenvalue weighted by atomic mass is 9.86. The fraction of sp³-hybridized carbons (Fsp3) is 0.500. The number of hydrogen-bond donors (Lipinski definition) is 1. The molecule has 0 spiro atoms. The molecular formula is C14H20N2O2. The van der Waals surface area contributed by atoms with E-state index in [2.05, 4.69) is 29.9 Å². The van der Waals surface area contributed by atoms with Crippen molar-refractivity contribution in [2.75, 3.05) is 14.2 Å². The van der Waals surface area contributed by atoms with Gasteiger partial charge in [0.2, 0.25) is 0 Å². The third-order valence-electron chi connectivity index (χ3n) is 3.19. The van der Waals surface area contributed by atoms with Gasteiger partial charge in [0.15, 0.2) is 6.29 Å². The first kappa shape index (κ1) is 13.1. The molecule has 2 heterocycles. The van der Waals surface area contributed by atoms with Gasteiger partial charge >= 0.3 is 0 Å². The van der Waals surface area contributed by atoms with Gasteiger partial charge < -0.3 is 14.5 Å². The summed E-state index contributed by atoms with van der Waals surface area (Å²) >= 11 is 0. The number of hydrogen-bond acceptors (Lipinski definition) is 3. The highest BCUT2D eigenvalue weighted by Gasteiger charge is 2.35. The molecule has 4 nitrogen and oxygen atoms in total. The highest BCUT2D eigenvalue weighted by molar-refractivity contribution is 5.92. The summed E-state index contributed by atoms with van der Waals surface area (Å²) in [5.74, 6) is 0. The third kappa shape index (κ3) is 2.54. The zero-order valence-electron chi connectivity index (χ0n) is 11.4. The van der Waals surface area contributed by atoms with E-state index >= 15 is 0 Å². The van der Waals surface area contributed by atoms with E-state index in [-0.39, 0.29) is 11.7 Å². The Morgan fingerprint density at radius 2 is 2.11 bits per heavy atom. The summed E-state index contributed by atoms with van der Waals surface area (Å²) in [6, 6.07) is 4.01. The van der Waals surface area contributed by atoms with Crippen LogP contribution in [-0.2, 0) is 9.47 Å². The van der Waals surface area contributed by atoms with Gasteiger partial charge in [-0.05, 0) is 18.2 Å². The number of aromatic nitrogens is 1. The number of nitrogens with zero attached hydrogens (tertiary/aromatic N) is 1. The molecule has 1 aliphatic heterocycles. The largest absolute Gasteiger partial charge is 0.362 e. The molecule has 2 rings (SSSR count). The van der Waals surface area contributed by atoms with Crippen molar-refractivity contribution in [3.05, 3.63) is 29.7 Å².